The lowest BCUT2D eigenvalue weighted by Crippen LogP contribution is -2.41. The van der Waals surface area contributed by atoms with Crippen LogP contribution < -0.4 is 0 Å². The molecule has 0 aromatic carbocycles. The number of Topliss-reactive ketones (excluding diaryl/α,β-unsaturated/α-hetero) is 1. The van der Waals surface area contributed by atoms with Crippen molar-refractivity contribution in [3.63, 3.8) is 0 Å². The van der Waals surface area contributed by atoms with Crippen molar-refractivity contribution in [2.24, 2.45) is 23.7 Å². The predicted octanol–water partition coefficient (Wildman–Crippen LogP) is 3.12. The molecule has 1 heteroatoms. The largest absolute Gasteiger partial charge is 0.299 e. The van der Waals surface area contributed by atoms with E-state index in [1.807, 2.05) is 0 Å². The number of hydrogen-bond acceptors (Lipinski definition) is 1. The second kappa shape index (κ2) is 3.62. The average Bonchev–Trinajstić information content (AvgIpc) is 2.30. The number of carbonyl (C=O) groups excluding carboxylic acids is 1. The summed E-state index contributed by atoms with van der Waals surface area (Å²) in [5, 5.41) is 0. The van der Waals surface area contributed by atoms with Crippen molar-refractivity contribution < 1.29 is 4.79 Å². The highest BCUT2D eigenvalue weighted by Gasteiger charge is 2.43. The summed E-state index contributed by atoms with van der Waals surface area (Å²) in [6.07, 6.45) is 14.5. The van der Waals surface area contributed by atoms with Gasteiger partial charge in [0.1, 0.15) is 5.78 Å². The molecule has 0 amide bonds. The summed E-state index contributed by atoms with van der Waals surface area (Å²) >= 11 is 0. The lowest BCUT2D eigenvalue weighted by molar-refractivity contribution is -0.134. The van der Waals surface area contributed by atoms with Gasteiger partial charge in [-0.1, -0.05) is 24.3 Å². The van der Waals surface area contributed by atoms with E-state index in [0.717, 1.165) is 25.7 Å². The number of ketones is 1. The fourth-order valence-electron chi connectivity index (χ4n) is 3.62. The highest BCUT2D eigenvalue weighted by molar-refractivity contribution is 5.85. The van der Waals surface area contributed by atoms with Crippen LogP contribution >= 0.6 is 0 Å². The molecule has 3 rings (SSSR count). The zero-order valence-electron chi connectivity index (χ0n) is 9.06. The highest BCUT2D eigenvalue weighted by Crippen LogP contribution is 2.45. The van der Waals surface area contributed by atoms with Gasteiger partial charge in [0.25, 0.3) is 0 Å². The van der Waals surface area contributed by atoms with Gasteiger partial charge in [0.05, 0.1) is 0 Å². The van der Waals surface area contributed by atoms with Gasteiger partial charge >= 0.3 is 0 Å². The summed E-state index contributed by atoms with van der Waals surface area (Å²) in [6, 6.07) is 0. The minimum Gasteiger partial charge on any atom is -0.299 e. The molecule has 1 nitrogen and oxygen atoms in total. The van der Waals surface area contributed by atoms with Gasteiger partial charge in [0.15, 0.2) is 0 Å². The Balaban J connectivity index is 1.86. The molecule has 0 aromatic rings. The van der Waals surface area contributed by atoms with Gasteiger partial charge in [0, 0.05) is 11.8 Å². The standard InChI is InChI=1S/C14H18O/c15-14-12-7-3-1-5-10(12)9-11-6-2-4-8-13(11)14/h1-4,10-13H,5-9H2/t10-,11-,12-,13+/m0/s1. The van der Waals surface area contributed by atoms with Crippen molar-refractivity contribution in [1.82, 2.24) is 0 Å². The molecule has 3 aliphatic carbocycles. The third-order valence-corrected chi connectivity index (χ3v) is 4.47. The Morgan fingerprint density at radius 3 is 1.80 bits per heavy atom. The number of carbonyl (C=O) groups is 1. The molecule has 15 heavy (non-hydrogen) atoms. The maximum absolute atomic E-state index is 12.3. The molecule has 80 valence electrons. The molecule has 0 N–H and O–H groups in total. The van der Waals surface area contributed by atoms with Crippen molar-refractivity contribution in [3.05, 3.63) is 24.3 Å². The Bertz CT molecular complexity index is 296. The Kier molecular flexibility index (Phi) is 2.27. The monoisotopic (exact) mass is 202 g/mol. The first-order chi connectivity index (χ1) is 7.36. The molecule has 4 atom stereocenters. The Labute approximate surface area is 91.2 Å². The topological polar surface area (TPSA) is 17.1 Å². The summed E-state index contributed by atoms with van der Waals surface area (Å²) in [7, 11) is 0. The predicted molar refractivity (Wildman–Crippen MR) is 60.3 cm³/mol. The SMILES string of the molecule is O=C1[C@H]2CC=CC[C@H]2C[C@@H]2CC=CC[C@@H]12. The van der Waals surface area contributed by atoms with E-state index < -0.39 is 0 Å². The third-order valence-electron chi connectivity index (χ3n) is 4.47. The molecule has 0 bridgehead atoms. The number of fused-ring (bicyclic) bond motifs is 2. The maximum atomic E-state index is 12.3. The van der Waals surface area contributed by atoms with E-state index >= 15 is 0 Å². The van der Waals surface area contributed by atoms with Crippen LogP contribution in [0.4, 0.5) is 0 Å². The summed E-state index contributed by atoms with van der Waals surface area (Å²) in [6.45, 7) is 0. The van der Waals surface area contributed by atoms with Gasteiger partial charge in [-0.3, -0.25) is 4.79 Å². The molecule has 0 aliphatic heterocycles. The van der Waals surface area contributed by atoms with Gasteiger partial charge in [-0.2, -0.15) is 0 Å². The van der Waals surface area contributed by atoms with E-state index in [4.69, 9.17) is 0 Å². The fourth-order valence-corrected chi connectivity index (χ4v) is 3.62. The zero-order chi connectivity index (χ0) is 10.3. The fraction of sp³-hybridized carbons (Fsp3) is 0.643. The first-order valence-electron chi connectivity index (χ1n) is 6.20. The molecule has 0 spiro atoms. The quantitative estimate of drug-likeness (QED) is 0.551. The summed E-state index contributed by atoms with van der Waals surface area (Å²) in [4.78, 5) is 12.3. The molecule has 3 aliphatic rings. The molecule has 0 radical (unpaired) electrons. The third kappa shape index (κ3) is 1.49. The molecule has 0 heterocycles. The van der Waals surface area contributed by atoms with Crippen molar-refractivity contribution in [2.75, 3.05) is 0 Å². The molecule has 1 saturated carbocycles. The minimum absolute atomic E-state index is 0.364. The molecule has 1 fully saturated rings. The van der Waals surface area contributed by atoms with Crippen LogP contribution in [0.5, 0.6) is 0 Å². The van der Waals surface area contributed by atoms with E-state index in [1.54, 1.807) is 0 Å². The second-order valence-electron chi connectivity index (χ2n) is 5.26. The Morgan fingerprint density at radius 1 is 0.800 bits per heavy atom. The number of hydrogen-bond donors (Lipinski definition) is 0. The van der Waals surface area contributed by atoms with E-state index in [0.29, 0.717) is 29.5 Å². The van der Waals surface area contributed by atoms with Gasteiger partial charge < -0.3 is 0 Å². The molecular formula is C14H18O. The van der Waals surface area contributed by atoms with E-state index in [9.17, 15) is 4.79 Å². The normalized spacial score (nSPS) is 43.6. The van der Waals surface area contributed by atoms with Crippen molar-refractivity contribution in [1.29, 1.82) is 0 Å². The highest BCUT2D eigenvalue weighted by atomic mass is 16.1. The van der Waals surface area contributed by atoms with Gasteiger partial charge in [-0.05, 0) is 43.9 Å². The smallest absolute Gasteiger partial charge is 0.140 e. The lowest BCUT2D eigenvalue weighted by Gasteiger charge is -2.42. The summed E-state index contributed by atoms with van der Waals surface area (Å²) in [5.74, 6) is 2.63. The number of rotatable bonds is 0. The summed E-state index contributed by atoms with van der Waals surface area (Å²) < 4.78 is 0. The average molecular weight is 202 g/mol. The van der Waals surface area contributed by atoms with Crippen LogP contribution in [0.1, 0.15) is 32.1 Å². The first kappa shape index (κ1) is 9.38. The lowest BCUT2D eigenvalue weighted by atomic mass is 9.61. The van der Waals surface area contributed by atoms with Gasteiger partial charge in [-0.25, -0.2) is 0 Å². The van der Waals surface area contributed by atoms with Crippen LogP contribution in [0, 0.1) is 23.7 Å². The van der Waals surface area contributed by atoms with E-state index in [2.05, 4.69) is 24.3 Å². The van der Waals surface area contributed by atoms with Crippen LogP contribution in [-0.4, -0.2) is 5.78 Å². The first-order valence-corrected chi connectivity index (χ1v) is 6.20. The minimum atomic E-state index is 0.364. The van der Waals surface area contributed by atoms with Gasteiger partial charge in [0.2, 0.25) is 0 Å². The van der Waals surface area contributed by atoms with Crippen LogP contribution in [-0.2, 0) is 4.79 Å². The van der Waals surface area contributed by atoms with Crippen molar-refractivity contribution in [3.8, 4) is 0 Å². The van der Waals surface area contributed by atoms with E-state index in [1.165, 1.54) is 6.42 Å². The van der Waals surface area contributed by atoms with Gasteiger partial charge in [-0.15, -0.1) is 0 Å². The van der Waals surface area contributed by atoms with Crippen molar-refractivity contribution >= 4 is 5.78 Å². The molecule has 0 aromatic heterocycles. The zero-order valence-corrected chi connectivity index (χ0v) is 9.06. The van der Waals surface area contributed by atoms with Crippen LogP contribution in [0.15, 0.2) is 24.3 Å². The number of allylic oxidation sites excluding steroid dienone is 4. The van der Waals surface area contributed by atoms with Crippen LogP contribution in [0.25, 0.3) is 0 Å². The van der Waals surface area contributed by atoms with Crippen LogP contribution in [0.2, 0.25) is 0 Å². The molecule has 0 saturated heterocycles. The Morgan fingerprint density at radius 2 is 1.27 bits per heavy atom. The Hall–Kier alpha value is -0.850. The second-order valence-corrected chi connectivity index (χ2v) is 5.26. The maximum Gasteiger partial charge on any atom is 0.140 e. The van der Waals surface area contributed by atoms with E-state index in [-0.39, 0.29) is 0 Å². The summed E-state index contributed by atoms with van der Waals surface area (Å²) in [5.41, 5.74) is 0. The van der Waals surface area contributed by atoms with Crippen LogP contribution in [0.3, 0.4) is 0 Å². The van der Waals surface area contributed by atoms with Crippen molar-refractivity contribution in [2.45, 2.75) is 32.1 Å². The molecule has 0 unspecified atom stereocenters. The molecular weight excluding hydrogens is 184 g/mol.